The van der Waals surface area contributed by atoms with Gasteiger partial charge in [0, 0.05) is 5.71 Å². The molecule has 0 amide bonds. The highest BCUT2D eigenvalue weighted by molar-refractivity contribution is 6.03. The molecule has 2 aromatic rings. The zero-order chi connectivity index (χ0) is 14.9. The van der Waals surface area contributed by atoms with Gasteiger partial charge in [0.25, 0.3) is 0 Å². The first-order valence-electron chi connectivity index (χ1n) is 7.73. The minimum Gasteiger partial charge on any atom is -0.253 e. The first-order valence-corrected chi connectivity index (χ1v) is 7.73. The molecule has 108 valence electrons. The van der Waals surface area contributed by atoms with E-state index in [0.29, 0.717) is 0 Å². The molecule has 1 heteroatoms. The molecule has 0 aliphatic carbocycles. The Kier molecular flexibility index (Phi) is 5.96. The maximum absolute atomic E-state index is 4.97. The van der Waals surface area contributed by atoms with Crippen LogP contribution in [0.3, 0.4) is 0 Å². The lowest BCUT2D eigenvalue weighted by molar-refractivity contribution is 0.992. The van der Waals surface area contributed by atoms with E-state index >= 15 is 0 Å². The fourth-order valence-electron chi connectivity index (χ4n) is 2.31. The maximum atomic E-state index is 4.97. The second kappa shape index (κ2) is 8.21. The van der Waals surface area contributed by atoms with E-state index in [-0.39, 0.29) is 0 Å². The number of aliphatic imine (C=N–C) groups is 1. The maximum Gasteiger partial charge on any atom is 0.0665 e. The summed E-state index contributed by atoms with van der Waals surface area (Å²) in [6.07, 6.45) is 5.29. The van der Waals surface area contributed by atoms with E-state index in [9.17, 15) is 0 Å². The molecule has 0 N–H and O–H groups in total. The van der Waals surface area contributed by atoms with E-state index in [1.165, 1.54) is 16.8 Å². The van der Waals surface area contributed by atoms with Gasteiger partial charge in [-0.15, -0.1) is 0 Å². The SMILES string of the molecule is CC/C=C(\N=C(CCC)c1ccccc1)c1ccccc1. The Morgan fingerprint density at radius 3 is 1.95 bits per heavy atom. The monoisotopic (exact) mass is 277 g/mol. The third-order valence-electron chi connectivity index (χ3n) is 3.32. The fourth-order valence-corrected chi connectivity index (χ4v) is 2.31. The van der Waals surface area contributed by atoms with E-state index in [0.717, 1.165) is 25.0 Å². The Labute approximate surface area is 128 Å². The topological polar surface area (TPSA) is 12.4 Å². The number of benzene rings is 2. The van der Waals surface area contributed by atoms with E-state index < -0.39 is 0 Å². The highest BCUT2D eigenvalue weighted by Gasteiger charge is 2.05. The molecular weight excluding hydrogens is 254 g/mol. The van der Waals surface area contributed by atoms with Crippen LogP contribution in [-0.2, 0) is 0 Å². The normalized spacial score (nSPS) is 12.5. The van der Waals surface area contributed by atoms with E-state index in [4.69, 9.17) is 4.99 Å². The number of hydrogen-bond donors (Lipinski definition) is 0. The molecule has 0 radical (unpaired) electrons. The van der Waals surface area contributed by atoms with E-state index in [2.05, 4.69) is 68.5 Å². The molecule has 0 heterocycles. The molecule has 0 aromatic heterocycles. The first-order chi connectivity index (χ1) is 10.3. The minimum absolute atomic E-state index is 0.988. The molecule has 0 aliphatic rings. The molecule has 21 heavy (non-hydrogen) atoms. The Morgan fingerprint density at radius 1 is 0.857 bits per heavy atom. The largest absolute Gasteiger partial charge is 0.253 e. The zero-order valence-corrected chi connectivity index (χ0v) is 12.9. The van der Waals surface area contributed by atoms with Crippen LogP contribution in [0.4, 0.5) is 0 Å². The minimum atomic E-state index is 0.988. The quantitative estimate of drug-likeness (QED) is 0.598. The summed E-state index contributed by atoms with van der Waals surface area (Å²) in [6, 6.07) is 20.9. The summed E-state index contributed by atoms with van der Waals surface area (Å²) in [7, 11) is 0. The Morgan fingerprint density at radius 2 is 1.43 bits per heavy atom. The van der Waals surface area contributed by atoms with Crippen molar-refractivity contribution in [3.63, 3.8) is 0 Å². The highest BCUT2D eigenvalue weighted by atomic mass is 14.8. The summed E-state index contributed by atoms with van der Waals surface area (Å²) in [5, 5.41) is 0. The number of allylic oxidation sites excluding steroid dienone is 1. The van der Waals surface area contributed by atoms with Gasteiger partial charge < -0.3 is 0 Å². The molecule has 0 spiro atoms. The van der Waals surface area contributed by atoms with Gasteiger partial charge in [-0.25, -0.2) is 0 Å². The third kappa shape index (κ3) is 4.42. The average Bonchev–Trinajstić information content (AvgIpc) is 2.55. The highest BCUT2D eigenvalue weighted by Crippen LogP contribution is 2.19. The van der Waals surface area contributed by atoms with Gasteiger partial charge in [-0.05, 0) is 24.0 Å². The van der Waals surface area contributed by atoms with Crippen LogP contribution >= 0.6 is 0 Å². The van der Waals surface area contributed by atoms with Crippen LogP contribution in [0.25, 0.3) is 5.70 Å². The molecule has 0 saturated heterocycles. The van der Waals surface area contributed by atoms with Crippen LogP contribution in [0.5, 0.6) is 0 Å². The van der Waals surface area contributed by atoms with Crippen LogP contribution in [0.15, 0.2) is 71.7 Å². The summed E-state index contributed by atoms with van der Waals surface area (Å²) in [4.78, 5) is 4.97. The van der Waals surface area contributed by atoms with Crippen molar-refractivity contribution in [3.05, 3.63) is 77.9 Å². The van der Waals surface area contributed by atoms with Gasteiger partial charge in [-0.2, -0.15) is 0 Å². The van der Waals surface area contributed by atoms with Crippen molar-refractivity contribution in [3.8, 4) is 0 Å². The molecule has 2 rings (SSSR count). The van der Waals surface area contributed by atoms with Crippen LogP contribution in [0, 0.1) is 0 Å². The summed E-state index contributed by atoms with van der Waals surface area (Å²) in [5.74, 6) is 0. The smallest absolute Gasteiger partial charge is 0.0665 e. The van der Waals surface area contributed by atoms with Gasteiger partial charge in [0.15, 0.2) is 0 Å². The van der Waals surface area contributed by atoms with Gasteiger partial charge in [0.05, 0.1) is 5.70 Å². The number of nitrogens with zero attached hydrogens (tertiary/aromatic N) is 1. The zero-order valence-electron chi connectivity index (χ0n) is 12.9. The predicted octanol–water partition coefficient (Wildman–Crippen LogP) is 5.73. The summed E-state index contributed by atoms with van der Waals surface area (Å²) in [5.41, 5.74) is 4.65. The molecule has 1 nitrogen and oxygen atoms in total. The second-order valence-electron chi connectivity index (χ2n) is 5.04. The van der Waals surface area contributed by atoms with Crippen molar-refractivity contribution >= 4 is 11.4 Å². The average molecular weight is 277 g/mol. The lowest BCUT2D eigenvalue weighted by Gasteiger charge is -2.09. The van der Waals surface area contributed by atoms with Gasteiger partial charge in [-0.1, -0.05) is 87.0 Å². The van der Waals surface area contributed by atoms with Gasteiger partial charge in [-0.3, -0.25) is 4.99 Å². The lowest BCUT2D eigenvalue weighted by atomic mass is 10.0. The Hall–Kier alpha value is -2.15. The van der Waals surface area contributed by atoms with Crippen LogP contribution in [0.2, 0.25) is 0 Å². The second-order valence-corrected chi connectivity index (χ2v) is 5.04. The molecule has 0 fully saturated rings. The van der Waals surface area contributed by atoms with Crippen molar-refractivity contribution in [2.75, 3.05) is 0 Å². The van der Waals surface area contributed by atoms with Crippen molar-refractivity contribution in [1.29, 1.82) is 0 Å². The van der Waals surface area contributed by atoms with Gasteiger partial charge in [0.1, 0.15) is 0 Å². The van der Waals surface area contributed by atoms with Gasteiger partial charge in [0.2, 0.25) is 0 Å². The summed E-state index contributed by atoms with van der Waals surface area (Å²) >= 11 is 0. The molecule has 0 unspecified atom stereocenters. The molecule has 0 aliphatic heterocycles. The van der Waals surface area contributed by atoms with Crippen molar-refractivity contribution in [2.45, 2.75) is 33.1 Å². The Balaban J connectivity index is 2.41. The van der Waals surface area contributed by atoms with Crippen LogP contribution in [-0.4, -0.2) is 5.71 Å². The van der Waals surface area contributed by atoms with E-state index in [1.807, 2.05) is 12.1 Å². The van der Waals surface area contributed by atoms with Crippen molar-refractivity contribution in [2.24, 2.45) is 4.99 Å². The fraction of sp³-hybridized carbons (Fsp3) is 0.250. The van der Waals surface area contributed by atoms with Gasteiger partial charge >= 0.3 is 0 Å². The summed E-state index contributed by atoms with van der Waals surface area (Å²) in [6.45, 7) is 4.35. The van der Waals surface area contributed by atoms with Crippen LogP contribution in [0.1, 0.15) is 44.2 Å². The number of hydrogen-bond acceptors (Lipinski definition) is 1. The molecule has 0 saturated carbocycles. The Bertz CT molecular complexity index is 594. The van der Waals surface area contributed by atoms with E-state index in [1.54, 1.807) is 0 Å². The molecule has 2 aromatic carbocycles. The lowest BCUT2D eigenvalue weighted by Crippen LogP contribution is -2.01. The summed E-state index contributed by atoms with van der Waals surface area (Å²) < 4.78 is 0. The first kappa shape index (κ1) is 15.2. The third-order valence-corrected chi connectivity index (χ3v) is 3.32. The van der Waals surface area contributed by atoms with Crippen molar-refractivity contribution in [1.82, 2.24) is 0 Å². The number of rotatable bonds is 6. The molecule has 0 atom stereocenters. The van der Waals surface area contributed by atoms with Crippen molar-refractivity contribution < 1.29 is 0 Å². The van der Waals surface area contributed by atoms with Crippen LogP contribution < -0.4 is 0 Å². The predicted molar refractivity (Wildman–Crippen MR) is 92.6 cm³/mol. The molecule has 0 bridgehead atoms. The molecular formula is C20H23N. The standard InChI is InChI=1S/C20H23N/c1-3-11-19(17-13-7-5-8-14-17)21-20(12-4-2)18-15-9-6-10-16-18/h5-11,13-16H,3-4,12H2,1-2H3/b19-11-,21-20?.